The van der Waals surface area contributed by atoms with Crippen molar-refractivity contribution >= 4 is 23.1 Å². The number of nitrogens with zero attached hydrogens (tertiary/aromatic N) is 2. The number of benzene rings is 2. The Morgan fingerprint density at radius 2 is 2.00 bits per heavy atom. The van der Waals surface area contributed by atoms with Crippen molar-refractivity contribution in [1.29, 1.82) is 0 Å². The Morgan fingerprint density at radius 3 is 2.77 bits per heavy atom. The van der Waals surface area contributed by atoms with Crippen molar-refractivity contribution in [1.82, 2.24) is 9.38 Å². The maximum absolute atomic E-state index is 12.1. The molecule has 0 bridgehead atoms. The van der Waals surface area contributed by atoms with Crippen molar-refractivity contribution in [3.05, 3.63) is 71.9 Å². The van der Waals surface area contributed by atoms with Crippen LogP contribution in [0.15, 0.2) is 60.8 Å². The molecule has 2 aromatic carbocycles. The second-order valence-corrected chi connectivity index (χ2v) is 7.05. The standard InChI is InChI=1S/C24H23N3O4/c1-4-31-24(29)17-6-5-7-18(13-17)25-23-22(16-8-9-19(28)20(14-16)30-3)26-21-12-15(2)10-11-27(21)23/h5-14,25,28H,4H2,1-3H3. The minimum Gasteiger partial charge on any atom is -0.504 e. The van der Waals surface area contributed by atoms with Gasteiger partial charge in [-0.25, -0.2) is 9.78 Å². The topological polar surface area (TPSA) is 85.1 Å². The number of pyridine rings is 1. The van der Waals surface area contributed by atoms with E-state index in [1.165, 1.54) is 7.11 Å². The molecule has 2 heterocycles. The molecule has 0 spiro atoms. The van der Waals surface area contributed by atoms with Crippen molar-refractivity contribution in [3.63, 3.8) is 0 Å². The van der Waals surface area contributed by atoms with Crippen molar-refractivity contribution in [3.8, 4) is 22.8 Å². The summed E-state index contributed by atoms with van der Waals surface area (Å²) in [7, 11) is 1.51. The summed E-state index contributed by atoms with van der Waals surface area (Å²) in [6, 6.07) is 16.2. The summed E-state index contributed by atoms with van der Waals surface area (Å²) in [5.41, 5.74) is 4.50. The number of esters is 1. The van der Waals surface area contributed by atoms with E-state index in [1.54, 1.807) is 43.3 Å². The third kappa shape index (κ3) is 4.02. The van der Waals surface area contributed by atoms with E-state index in [2.05, 4.69) is 5.32 Å². The highest BCUT2D eigenvalue weighted by Gasteiger charge is 2.17. The number of carbonyl (C=O) groups is 1. The number of aromatic hydroxyl groups is 1. The number of phenolic OH excluding ortho intramolecular Hbond substituents is 1. The van der Waals surface area contributed by atoms with Crippen LogP contribution in [0.25, 0.3) is 16.9 Å². The molecule has 0 atom stereocenters. The lowest BCUT2D eigenvalue weighted by Gasteiger charge is -2.11. The Bertz CT molecular complexity index is 1260. The number of methoxy groups -OCH3 is 1. The molecule has 0 saturated heterocycles. The van der Waals surface area contributed by atoms with Crippen LogP contribution in [0.4, 0.5) is 11.5 Å². The number of anilines is 2. The zero-order chi connectivity index (χ0) is 22.0. The molecule has 0 amide bonds. The highest BCUT2D eigenvalue weighted by Crippen LogP contribution is 2.36. The molecule has 0 unspecified atom stereocenters. The zero-order valence-corrected chi connectivity index (χ0v) is 17.5. The van der Waals surface area contributed by atoms with Crippen LogP contribution in [0.3, 0.4) is 0 Å². The molecule has 0 aliphatic rings. The van der Waals surface area contributed by atoms with E-state index in [0.29, 0.717) is 23.6 Å². The van der Waals surface area contributed by atoms with Crippen LogP contribution in [0, 0.1) is 6.92 Å². The third-order valence-corrected chi connectivity index (χ3v) is 4.87. The number of rotatable bonds is 6. The first-order valence-electron chi connectivity index (χ1n) is 9.90. The number of hydrogen-bond donors (Lipinski definition) is 2. The van der Waals surface area contributed by atoms with Gasteiger partial charge in [0.15, 0.2) is 11.5 Å². The Morgan fingerprint density at radius 1 is 1.16 bits per heavy atom. The van der Waals surface area contributed by atoms with Gasteiger partial charge in [0, 0.05) is 17.4 Å². The van der Waals surface area contributed by atoms with E-state index >= 15 is 0 Å². The third-order valence-electron chi connectivity index (χ3n) is 4.87. The summed E-state index contributed by atoms with van der Waals surface area (Å²) in [5.74, 6) is 0.774. The number of hydrogen-bond acceptors (Lipinski definition) is 6. The molecule has 0 radical (unpaired) electrons. The predicted octanol–water partition coefficient (Wildman–Crippen LogP) is 4.94. The van der Waals surface area contributed by atoms with Gasteiger partial charge in [0.2, 0.25) is 0 Å². The molecule has 158 valence electrons. The first-order valence-corrected chi connectivity index (χ1v) is 9.90. The smallest absolute Gasteiger partial charge is 0.338 e. The van der Waals surface area contributed by atoms with Gasteiger partial charge in [0.1, 0.15) is 17.2 Å². The van der Waals surface area contributed by atoms with Gasteiger partial charge in [0.05, 0.1) is 19.3 Å². The second-order valence-electron chi connectivity index (χ2n) is 7.05. The fourth-order valence-electron chi connectivity index (χ4n) is 3.37. The number of aromatic nitrogens is 2. The number of nitrogens with one attached hydrogen (secondary N) is 1. The summed E-state index contributed by atoms with van der Waals surface area (Å²) >= 11 is 0. The van der Waals surface area contributed by atoms with Gasteiger partial charge >= 0.3 is 5.97 Å². The normalized spacial score (nSPS) is 10.8. The molecule has 0 fully saturated rings. The SMILES string of the molecule is CCOC(=O)c1cccc(Nc2c(-c3ccc(O)c(OC)c3)nc3cc(C)ccn23)c1. The molecule has 0 aliphatic heterocycles. The molecular formula is C24H23N3O4. The molecule has 0 saturated carbocycles. The summed E-state index contributed by atoms with van der Waals surface area (Å²) in [6.45, 7) is 4.10. The summed E-state index contributed by atoms with van der Waals surface area (Å²) in [5, 5.41) is 13.4. The van der Waals surface area contributed by atoms with Gasteiger partial charge < -0.3 is 19.9 Å². The van der Waals surface area contributed by atoms with Gasteiger partial charge in [-0.15, -0.1) is 0 Å². The first kappa shape index (κ1) is 20.3. The number of phenols is 1. The van der Waals surface area contributed by atoms with Crippen LogP contribution in [0.5, 0.6) is 11.5 Å². The zero-order valence-electron chi connectivity index (χ0n) is 17.5. The number of aryl methyl sites for hydroxylation is 1. The van der Waals surface area contributed by atoms with Crippen molar-refractivity contribution < 1.29 is 19.4 Å². The highest BCUT2D eigenvalue weighted by molar-refractivity contribution is 5.91. The lowest BCUT2D eigenvalue weighted by Crippen LogP contribution is -2.05. The minimum atomic E-state index is -0.372. The van der Waals surface area contributed by atoms with E-state index in [4.69, 9.17) is 14.5 Å². The molecular weight excluding hydrogens is 394 g/mol. The highest BCUT2D eigenvalue weighted by atomic mass is 16.5. The van der Waals surface area contributed by atoms with E-state index in [0.717, 1.165) is 28.3 Å². The van der Waals surface area contributed by atoms with Crippen molar-refractivity contribution in [2.24, 2.45) is 0 Å². The molecule has 2 N–H and O–H groups in total. The summed E-state index contributed by atoms with van der Waals surface area (Å²) < 4.78 is 12.3. The van der Waals surface area contributed by atoms with E-state index < -0.39 is 0 Å². The molecule has 0 aliphatic carbocycles. The van der Waals surface area contributed by atoms with Gasteiger partial charge in [-0.3, -0.25) is 4.40 Å². The van der Waals surface area contributed by atoms with Crippen LogP contribution >= 0.6 is 0 Å². The molecule has 31 heavy (non-hydrogen) atoms. The largest absolute Gasteiger partial charge is 0.504 e. The number of ether oxygens (including phenoxy) is 2. The Hall–Kier alpha value is -4.00. The van der Waals surface area contributed by atoms with Crippen LogP contribution in [-0.4, -0.2) is 34.2 Å². The maximum atomic E-state index is 12.1. The fraction of sp³-hybridized carbons (Fsp3) is 0.167. The van der Waals surface area contributed by atoms with Gasteiger partial charge in [-0.2, -0.15) is 0 Å². The average Bonchev–Trinajstić information content (AvgIpc) is 3.11. The van der Waals surface area contributed by atoms with Crippen LogP contribution < -0.4 is 10.1 Å². The summed E-state index contributed by atoms with van der Waals surface area (Å²) in [4.78, 5) is 16.9. The maximum Gasteiger partial charge on any atom is 0.338 e. The molecule has 4 aromatic rings. The fourth-order valence-corrected chi connectivity index (χ4v) is 3.37. The average molecular weight is 417 g/mol. The Balaban J connectivity index is 1.83. The number of carbonyl (C=O) groups excluding carboxylic acids is 1. The summed E-state index contributed by atoms with van der Waals surface area (Å²) in [6.07, 6.45) is 1.94. The van der Waals surface area contributed by atoms with E-state index in [-0.39, 0.29) is 11.7 Å². The van der Waals surface area contributed by atoms with Crippen LogP contribution in [0.1, 0.15) is 22.8 Å². The van der Waals surface area contributed by atoms with E-state index in [9.17, 15) is 9.90 Å². The lowest BCUT2D eigenvalue weighted by atomic mass is 10.1. The van der Waals surface area contributed by atoms with Gasteiger partial charge in [0.25, 0.3) is 0 Å². The number of fused-ring (bicyclic) bond motifs is 1. The molecule has 2 aromatic heterocycles. The quantitative estimate of drug-likeness (QED) is 0.432. The van der Waals surface area contributed by atoms with Gasteiger partial charge in [-0.1, -0.05) is 6.07 Å². The van der Waals surface area contributed by atoms with Crippen molar-refractivity contribution in [2.75, 3.05) is 19.0 Å². The minimum absolute atomic E-state index is 0.0579. The number of imidazole rings is 1. The molecule has 7 heteroatoms. The lowest BCUT2D eigenvalue weighted by molar-refractivity contribution is 0.0526. The monoisotopic (exact) mass is 417 g/mol. The first-order chi connectivity index (χ1) is 15.0. The Kier molecular flexibility index (Phi) is 5.49. The van der Waals surface area contributed by atoms with Crippen LogP contribution in [0.2, 0.25) is 0 Å². The second kappa shape index (κ2) is 8.39. The molecule has 7 nitrogen and oxygen atoms in total. The Labute approximate surface area is 179 Å². The molecule has 4 rings (SSSR count). The van der Waals surface area contributed by atoms with E-state index in [1.807, 2.05) is 35.7 Å². The van der Waals surface area contributed by atoms with Crippen molar-refractivity contribution in [2.45, 2.75) is 13.8 Å². The van der Waals surface area contributed by atoms with Crippen LogP contribution in [-0.2, 0) is 4.74 Å². The predicted molar refractivity (Wildman–Crippen MR) is 119 cm³/mol. The van der Waals surface area contributed by atoms with Gasteiger partial charge in [-0.05, 0) is 67.9 Å².